The molecule has 1 fully saturated rings. The molecule has 88 valence electrons. The minimum Gasteiger partial charge on any atom is -0.367 e. The van der Waals surface area contributed by atoms with E-state index in [1.165, 1.54) is 10.9 Å². The van der Waals surface area contributed by atoms with Crippen LogP contribution in [-0.2, 0) is 11.8 Å². The summed E-state index contributed by atoms with van der Waals surface area (Å²) in [4.78, 5) is 12.4. The highest BCUT2D eigenvalue weighted by atomic mass is 16.5. The lowest BCUT2D eigenvalue weighted by atomic mass is 9.94. The van der Waals surface area contributed by atoms with Gasteiger partial charge >= 0.3 is 0 Å². The molecule has 0 N–H and O–H groups in total. The molecule has 1 aromatic heterocycles. The van der Waals surface area contributed by atoms with Gasteiger partial charge < -0.3 is 4.74 Å². The number of hydrogen-bond donors (Lipinski definition) is 0. The molecule has 1 heterocycles. The molecular formula is C11H17N3O2. The molecule has 1 aromatic rings. The van der Waals surface area contributed by atoms with Crippen molar-refractivity contribution < 1.29 is 9.53 Å². The molecule has 16 heavy (non-hydrogen) atoms. The van der Waals surface area contributed by atoms with E-state index in [0.717, 1.165) is 25.7 Å². The van der Waals surface area contributed by atoms with Crippen LogP contribution in [0.4, 0.5) is 0 Å². The molecule has 2 rings (SSSR count). The summed E-state index contributed by atoms with van der Waals surface area (Å²) in [6, 6.07) is 0. The molecule has 1 saturated carbocycles. The predicted octanol–water partition coefficient (Wildman–Crippen LogP) is 1.35. The number of aryl methyl sites for hydroxylation is 1. The molecule has 0 saturated heterocycles. The molecule has 0 aliphatic heterocycles. The van der Waals surface area contributed by atoms with E-state index in [9.17, 15) is 4.79 Å². The van der Waals surface area contributed by atoms with Crippen LogP contribution in [0.25, 0.3) is 0 Å². The van der Waals surface area contributed by atoms with Gasteiger partial charge in [-0.25, -0.2) is 4.68 Å². The van der Waals surface area contributed by atoms with Gasteiger partial charge in [0, 0.05) is 13.7 Å². The van der Waals surface area contributed by atoms with Gasteiger partial charge in [-0.2, -0.15) is 0 Å². The Morgan fingerprint density at radius 2 is 2.25 bits per heavy atom. The lowest BCUT2D eigenvalue weighted by molar-refractivity contribution is -0.0170. The third-order valence-electron chi connectivity index (χ3n) is 3.19. The summed E-state index contributed by atoms with van der Waals surface area (Å²) >= 11 is 0. The fraction of sp³-hybridized carbons (Fsp3) is 0.727. The third kappa shape index (κ3) is 1.75. The fourth-order valence-electron chi connectivity index (χ4n) is 2.39. The standard InChI is InChI=1S/C11H17N3O2/c1-3-16-11(6-4-5-7-11)10(15)9-8-12-13-14(9)2/h8H,3-7H2,1-2H3. The van der Waals surface area contributed by atoms with E-state index in [0.29, 0.717) is 12.3 Å². The maximum Gasteiger partial charge on any atom is 0.214 e. The molecule has 1 aliphatic carbocycles. The number of carbonyl (C=O) groups excluding carboxylic acids is 1. The van der Waals surface area contributed by atoms with Crippen LogP contribution >= 0.6 is 0 Å². The monoisotopic (exact) mass is 223 g/mol. The summed E-state index contributed by atoms with van der Waals surface area (Å²) in [7, 11) is 1.73. The van der Waals surface area contributed by atoms with Crippen LogP contribution in [0.3, 0.4) is 0 Å². The molecule has 5 nitrogen and oxygen atoms in total. The largest absolute Gasteiger partial charge is 0.367 e. The average Bonchev–Trinajstić information content (AvgIpc) is 2.87. The molecule has 0 bridgehead atoms. The van der Waals surface area contributed by atoms with E-state index < -0.39 is 5.60 Å². The zero-order valence-electron chi connectivity index (χ0n) is 9.77. The van der Waals surface area contributed by atoms with Crippen LogP contribution < -0.4 is 0 Å². The fourth-order valence-corrected chi connectivity index (χ4v) is 2.39. The Labute approximate surface area is 94.8 Å². The molecule has 0 spiro atoms. The molecular weight excluding hydrogens is 206 g/mol. The number of nitrogens with zero attached hydrogens (tertiary/aromatic N) is 3. The zero-order valence-corrected chi connectivity index (χ0v) is 9.77. The normalized spacial score (nSPS) is 18.9. The van der Waals surface area contributed by atoms with E-state index in [-0.39, 0.29) is 5.78 Å². The van der Waals surface area contributed by atoms with Gasteiger partial charge in [-0.15, -0.1) is 5.10 Å². The van der Waals surface area contributed by atoms with Gasteiger partial charge in [0.15, 0.2) is 0 Å². The first-order valence-corrected chi connectivity index (χ1v) is 5.73. The van der Waals surface area contributed by atoms with E-state index in [2.05, 4.69) is 10.3 Å². The zero-order chi connectivity index (χ0) is 11.6. The van der Waals surface area contributed by atoms with Crippen LogP contribution in [0.2, 0.25) is 0 Å². The van der Waals surface area contributed by atoms with E-state index >= 15 is 0 Å². The summed E-state index contributed by atoms with van der Waals surface area (Å²) < 4.78 is 7.23. The first kappa shape index (κ1) is 11.3. The Bertz CT molecular complexity index is 380. The highest BCUT2D eigenvalue weighted by Crippen LogP contribution is 2.35. The lowest BCUT2D eigenvalue weighted by Crippen LogP contribution is -2.39. The minimum absolute atomic E-state index is 0.0272. The van der Waals surface area contributed by atoms with Gasteiger partial charge in [-0.1, -0.05) is 5.21 Å². The molecule has 0 atom stereocenters. The van der Waals surface area contributed by atoms with Crippen molar-refractivity contribution in [2.24, 2.45) is 7.05 Å². The molecule has 1 aliphatic rings. The lowest BCUT2D eigenvalue weighted by Gasteiger charge is -2.26. The Morgan fingerprint density at radius 1 is 1.56 bits per heavy atom. The van der Waals surface area contributed by atoms with E-state index in [1.54, 1.807) is 7.05 Å². The second-order valence-corrected chi connectivity index (χ2v) is 4.21. The molecule has 0 amide bonds. The number of ether oxygens (including phenoxy) is 1. The van der Waals surface area contributed by atoms with Crippen molar-refractivity contribution in [2.75, 3.05) is 6.61 Å². The second kappa shape index (κ2) is 4.33. The van der Waals surface area contributed by atoms with Crippen molar-refractivity contribution in [3.63, 3.8) is 0 Å². The van der Waals surface area contributed by atoms with Gasteiger partial charge in [0.1, 0.15) is 11.3 Å². The second-order valence-electron chi connectivity index (χ2n) is 4.21. The van der Waals surface area contributed by atoms with Crippen molar-refractivity contribution in [3.8, 4) is 0 Å². The van der Waals surface area contributed by atoms with Gasteiger partial charge in [0.2, 0.25) is 5.78 Å². The van der Waals surface area contributed by atoms with Crippen molar-refractivity contribution in [3.05, 3.63) is 11.9 Å². The van der Waals surface area contributed by atoms with Crippen LogP contribution in [0.5, 0.6) is 0 Å². The number of aromatic nitrogens is 3. The Kier molecular flexibility index (Phi) is 3.05. The maximum atomic E-state index is 12.4. The first-order chi connectivity index (χ1) is 7.69. The van der Waals surface area contributed by atoms with Crippen LogP contribution in [0.15, 0.2) is 6.20 Å². The first-order valence-electron chi connectivity index (χ1n) is 5.73. The van der Waals surface area contributed by atoms with E-state index in [1.807, 2.05) is 6.92 Å². The molecule has 0 unspecified atom stereocenters. The summed E-state index contributed by atoms with van der Waals surface area (Å²) in [6.45, 7) is 2.49. The van der Waals surface area contributed by atoms with Gasteiger partial charge in [0.25, 0.3) is 0 Å². The molecule has 0 radical (unpaired) electrons. The predicted molar refractivity (Wildman–Crippen MR) is 58.2 cm³/mol. The number of Topliss-reactive ketones (excluding diaryl/α,β-unsaturated/α-hetero) is 1. The summed E-state index contributed by atoms with van der Waals surface area (Å²) in [6.07, 6.45) is 5.24. The number of rotatable bonds is 4. The third-order valence-corrected chi connectivity index (χ3v) is 3.19. The average molecular weight is 223 g/mol. The van der Waals surface area contributed by atoms with Crippen molar-refractivity contribution in [1.29, 1.82) is 0 Å². The number of hydrogen-bond acceptors (Lipinski definition) is 4. The van der Waals surface area contributed by atoms with Crippen molar-refractivity contribution in [2.45, 2.75) is 38.2 Å². The number of ketones is 1. The Hall–Kier alpha value is -1.23. The highest BCUT2D eigenvalue weighted by molar-refractivity contribution is 6.01. The quantitative estimate of drug-likeness (QED) is 0.723. The SMILES string of the molecule is CCOC1(C(=O)c2cnnn2C)CCCC1. The summed E-state index contributed by atoms with van der Waals surface area (Å²) in [5.41, 5.74) is -0.0834. The summed E-state index contributed by atoms with van der Waals surface area (Å²) in [5.74, 6) is 0.0272. The van der Waals surface area contributed by atoms with Crippen LogP contribution in [0.1, 0.15) is 43.1 Å². The maximum absolute atomic E-state index is 12.4. The molecule has 0 aromatic carbocycles. The van der Waals surface area contributed by atoms with Crippen LogP contribution in [-0.4, -0.2) is 33.0 Å². The van der Waals surface area contributed by atoms with E-state index in [4.69, 9.17) is 4.74 Å². The Morgan fingerprint density at radius 3 is 2.75 bits per heavy atom. The van der Waals surface area contributed by atoms with Gasteiger partial charge in [-0.3, -0.25) is 4.79 Å². The van der Waals surface area contributed by atoms with Gasteiger partial charge in [0.05, 0.1) is 6.20 Å². The minimum atomic E-state index is -0.621. The Balaban J connectivity index is 2.27. The topological polar surface area (TPSA) is 57.0 Å². The van der Waals surface area contributed by atoms with Crippen LogP contribution in [0, 0.1) is 0 Å². The number of carbonyl (C=O) groups is 1. The summed E-state index contributed by atoms with van der Waals surface area (Å²) in [5, 5.41) is 7.53. The van der Waals surface area contributed by atoms with Crippen molar-refractivity contribution in [1.82, 2.24) is 15.0 Å². The molecule has 5 heteroatoms. The smallest absolute Gasteiger partial charge is 0.214 e. The van der Waals surface area contributed by atoms with Crippen molar-refractivity contribution >= 4 is 5.78 Å². The highest BCUT2D eigenvalue weighted by Gasteiger charge is 2.43. The van der Waals surface area contributed by atoms with Gasteiger partial charge in [-0.05, 0) is 32.6 Å².